The van der Waals surface area contributed by atoms with E-state index >= 15 is 0 Å². The fourth-order valence-electron chi connectivity index (χ4n) is 4.04. The number of rotatable bonds is 3. The van der Waals surface area contributed by atoms with Crippen LogP contribution in [0, 0.1) is 11.3 Å². The molecular weight excluding hydrogens is 456 g/mol. The van der Waals surface area contributed by atoms with Crippen molar-refractivity contribution in [2.24, 2.45) is 0 Å². The zero-order valence-electron chi connectivity index (χ0n) is 22.7. The fourth-order valence-corrected chi connectivity index (χ4v) is 4.04. The lowest BCUT2D eigenvalue weighted by atomic mass is 10.1. The predicted molar refractivity (Wildman–Crippen MR) is 126 cm³/mol. The summed E-state index contributed by atoms with van der Waals surface area (Å²) < 4.78 is 59.7. The first-order chi connectivity index (χ1) is 17.7. The van der Waals surface area contributed by atoms with E-state index in [0.717, 1.165) is 0 Å². The van der Waals surface area contributed by atoms with Crippen LogP contribution >= 0.6 is 0 Å². The molecule has 0 aliphatic carbocycles. The first-order valence-corrected chi connectivity index (χ1v) is 11.0. The maximum Gasteiger partial charge on any atom is 0.410 e. The van der Waals surface area contributed by atoms with E-state index < -0.39 is 37.1 Å². The van der Waals surface area contributed by atoms with E-state index in [4.69, 9.17) is 8.85 Å². The Hall–Kier alpha value is -3.81. The summed E-state index contributed by atoms with van der Waals surface area (Å²) in [6, 6.07) is 3.16. The van der Waals surface area contributed by atoms with E-state index in [1.54, 1.807) is 32.6 Å². The van der Waals surface area contributed by atoms with Gasteiger partial charge in [0.2, 0.25) is 0 Å². The number of ether oxygens (including phenoxy) is 1. The van der Waals surface area contributed by atoms with Crippen molar-refractivity contribution in [2.45, 2.75) is 58.7 Å². The molecule has 3 aromatic heterocycles. The third-order valence-corrected chi connectivity index (χ3v) is 5.59. The molecule has 11 heteroatoms. The van der Waals surface area contributed by atoms with Crippen molar-refractivity contribution in [3.05, 3.63) is 42.0 Å². The zero-order chi connectivity index (χ0) is 28.0. The van der Waals surface area contributed by atoms with Crippen LogP contribution in [0.4, 0.5) is 19.4 Å². The van der Waals surface area contributed by atoms with Crippen molar-refractivity contribution in [1.29, 1.82) is 5.26 Å². The van der Waals surface area contributed by atoms with Crippen molar-refractivity contribution in [3.63, 3.8) is 0 Å². The van der Waals surface area contributed by atoms with Gasteiger partial charge in [-0.15, -0.1) is 0 Å². The van der Waals surface area contributed by atoms with Crippen LogP contribution < -0.4 is 4.90 Å². The molecule has 1 aliphatic rings. The third-order valence-electron chi connectivity index (χ3n) is 5.59. The Bertz CT molecular complexity index is 1400. The second kappa shape index (κ2) is 9.09. The molecule has 0 saturated carbocycles. The summed E-state index contributed by atoms with van der Waals surface area (Å²) in [6.45, 7) is 4.00. The molecule has 0 spiro atoms. The minimum Gasteiger partial charge on any atom is -0.444 e. The van der Waals surface area contributed by atoms with Gasteiger partial charge in [0.1, 0.15) is 23.6 Å². The normalized spacial score (nSPS) is 20.3. The molecule has 4 heterocycles. The number of nitrogens with zero attached hydrogens (tertiary/aromatic N) is 7. The van der Waals surface area contributed by atoms with Gasteiger partial charge in [-0.3, -0.25) is 4.57 Å². The highest BCUT2D eigenvalue weighted by molar-refractivity contribution is 5.93. The van der Waals surface area contributed by atoms with Crippen LogP contribution in [0.2, 0.25) is 0 Å². The number of anilines is 1. The van der Waals surface area contributed by atoms with Gasteiger partial charge in [0, 0.05) is 47.2 Å². The first kappa shape index (κ1) is 20.6. The Balaban J connectivity index is 1.82. The molecule has 184 valence electrons. The van der Waals surface area contributed by atoms with E-state index in [-0.39, 0.29) is 46.9 Å². The number of aromatic nitrogens is 4. The number of amides is 1. The van der Waals surface area contributed by atoms with E-state index in [1.807, 2.05) is 6.07 Å². The molecule has 35 heavy (non-hydrogen) atoms. The van der Waals surface area contributed by atoms with Crippen molar-refractivity contribution < 1.29 is 22.4 Å². The van der Waals surface area contributed by atoms with Gasteiger partial charge in [-0.1, -0.05) is 0 Å². The standard InChI is InChI=1S/C24H27F2N7O2/c1-14-11-32(23(34)35-24(3,4)5)15(2)10-31(14)21-19-17(20(25)26)12-33(22(19)30-13-29-21)18-8-16(9-27)6-7-28-18/h6-8,12-15,20H,10-11H2,1-5H3/t14-,15+/m0/s1/i2D3. The molecule has 0 N–H and O–H groups in total. The largest absolute Gasteiger partial charge is 0.444 e. The van der Waals surface area contributed by atoms with Crippen molar-refractivity contribution in [2.75, 3.05) is 18.0 Å². The number of hydrogen-bond donors (Lipinski definition) is 0. The summed E-state index contributed by atoms with van der Waals surface area (Å²) in [5, 5.41) is 9.29. The van der Waals surface area contributed by atoms with Crippen molar-refractivity contribution in [1.82, 2.24) is 24.4 Å². The molecule has 1 aliphatic heterocycles. The Labute approximate surface area is 206 Å². The molecule has 9 nitrogen and oxygen atoms in total. The van der Waals surface area contributed by atoms with Crippen LogP contribution in [0.3, 0.4) is 0 Å². The molecule has 0 aromatic carbocycles. The quantitative estimate of drug-likeness (QED) is 0.539. The minimum absolute atomic E-state index is 0.0278. The highest BCUT2D eigenvalue weighted by atomic mass is 19.3. The first-order valence-electron chi connectivity index (χ1n) is 12.5. The average molecular weight is 487 g/mol. The SMILES string of the molecule is [2H]C([2H])([2H])[C@@H]1CN(c2ncnc3c2c(C(F)F)cn3-c2cc(C#N)ccn2)[C@@H](C)CN1C(=O)OC(C)(C)C. The highest BCUT2D eigenvalue weighted by Gasteiger charge is 2.36. The summed E-state index contributed by atoms with van der Waals surface area (Å²) in [5.74, 6) is 0.333. The Morgan fingerprint density at radius 3 is 2.71 bits per heavy atom. The summed E-state index contributed by atoms with van der Waals surface area (Å²) in [5.41, 5.74) is -0.786. The summed E-state index contributed by atoms with van der Waals surface area (Å²) in [4.78, 5) is 28.4. The lowest BCUT2D eigenvalue weighted by Gasteiger charge is -2.44. The van der Waals surface area contributed by atoms with E-state index in [1.165, 1.54) is 40.3 Å². The zero-order valence-corrected chi connectivity index (χ0v) is 19.7. The van der Waals surface area contributed by atoms with Gasteiger partial charge in [-0.25, -0.2) is 28.5 Å². The van der Waals surface area contributed by atoms with Crippen LogP contribution in [-0.4, -0.2) is 61.3 Å². The van der Waals surface area contributed by atoms with Gasteiger partial charge in [-0.2, -0.15) is 5.26 Å². The number of nitriles is 1. The third kappa shape index (κ3) is 4.73. The van der Waals surface area contributed by atoms with Gasteiger partial charge in [0.25, 0.3) is 6.43 Å². The summed E-state index contributed by atoms with van der Waals surface area (Å²) in [6.07, 6.45) is 0.123. The van der Waals surface area contributed by atoms with Crippen LogP contribution in [0.25, 0.3) is 16.9 Å². The smallest absolute Gasteiger partial charge is 0.410 e. The maximum atomic E-state index is 14.3. The second-order valence-corrected chi connectivity index (χ2v) is 9.32. The lowest BCUT2D eigenvalue weighted by Crippen LogP contribution is -2.59. The average Bonchev–Trinajstić information content (AvgIpc) is 3.22. The van der Waals surface area contributed by atoms with Gasteiger partial charge in [0.05, 0.1) is 17.0 Å². The topological polar surface area (TPSA) is 100 Å². The van der Waals surface area contributed by atoms with Crippen molar-refractivity contribution in [3.8, 4) is 11.9 Å². The number of carbonyl (C=O) groups excluding carboxylic acids is 1. The van der Waals surface area contributed by atoms with E-state index in [2.05, 4.69) is 15.0 Å². The van der Waals surface area contributed by atoms with Gasteiger partial charge in [-0.05, 0) is 46.7 Å². The Morgan fingerprint density at radius 2 is 2.06 bits per heavy atom. The van der Waals surface area contributed by atoms with Crippen LogP contribution in [0.5, 0.6) is 0 Å². The number of carbonyl (C=O) groups is 1. The molecule has 1 saturated heterocycles. The van der Waals surface area contributed by atoms with Gasteiger partial charge in [0.15, 0.2) is 5.65 Å². The number of pyridine rings is 1. The van der Waals surface area contributed by atoms with Gasteiger partial charge >= 0.3 is 6.09 Å². The molecule has 1 fully saturated rings. The van der Waals surface area contributed by atoms with E-state index in [0.29, 0.717) is 0 Å². The molecule has 2 atom stereocenters. The van der Waals surface area contributed by atoms with Crippen LogP contribution in [0.1, 0.15) is 56.2 Å². The molecule has 1 amide bonds. The van der Waals surface area contributed by atoms with Crippen LogP contribution in [0.15, 0.2) is 30.9 Å². The van der Waals surface area contributed by atoms with Crippen molar-refractivity contribution >= 4 is 22.9 Å². The molecular formula is C24H27F2N7O2. The number of alkyl halides is 2. The van der Waals surface area contributed by atoms with E-state index in [9.17, 15) is 18.8 Å². The summed E-state index contributed by atoms with van der Waals surface area (Å²) >= 11 is 0. The predicted octanol–water partition coefficient (Wildman–Crippen LogP) is 4.46. The number of fused-ring (bicyclic) bond motifs is 1. The van der Waals surface area contributed by atoms with Gasteiger partial charge < -0.3 is 14.5 Å². The van der Waals surface area contributed by atoms with Crippen LogP contribution in [-0.2, 0) is 4.74 Å². The number of piperazine rings is 1. The lowest BCUT2D eigenvalue weighted by molar-refractivity contribution is 0.0130. The Kier molecular flexibility index (Phi) is 5.34. The number of halogens is 2. The fraction of sp³-hybridized carbons (Fsp3) is 0.458. The maximum absolute atomic E-state index is 14.3. The Morgan fingerprint density at radius 1 is 1.29 bits per heavy atom. The minimum atomic E-state index is -2.90. The number of hydrogen-bond acceptors (Lipinski definition) is 7. The molecule has 0 bridgehead atoms. The monoisotopic (exact) mass is 486 g/mol. The molecule has 4 rings (SSSR count). The highest BCUT2D eigenvalue weighted by Crippen LogP contribution is 2.37. The summed E-state index contributed by atoms with van der Waals surface area (Å²) in [7, 11) is 0. The molecule has 0 radical (unpaired) electrons. The molecule has 0 unspecified atom stereocenters. The molecule has 3 aromatic rings. The second-order valence-electron chi connectivity index (χ2n) is 9.32.